The Labute approximate surface area is 174 Å². The first-order chi connectivity index (χ1) is 13.0. The highest BCUT2D eigenvalue weighted by atomic mass is 127. The van der Waals surface area contributed by atoms with Gasteiger partial charge in [-0.1, -0.05) is 49.6 Å². The van der Waals surface area contributed by atoms with E-state index < -0.39 is 5.54 Å². The quantitative estimate of drug-likeness (QED) is 0.634. The second-order valence-corrected chi connectivity index (χ2v) is 8.82. The fourth-order valence-electron chi connectivity index (χ4n) is 4.55. The highest BCUT2D eigenvalue weighted by Crippen LogP contribution is 2.43. The van der Waals surface area contributed by atoms with Crippen molar-refractivity contribution in [2.45, 2.75) is 37.6 Å². The SMILES string of the molecule is CN1C(=N)NC(c2cccc(-c3cccc(I)c3)c2)(C2CCCCC2)C1=O. The monoisotopic (exact) mass is 473 g/mol. The molecule has 27 heavy (non-hydrogen) atoms. The summed E-state index contributed by atoms with van der Waals surface area (Å²) in [6, 6.07) is 16.7. The Hall–Kier alpha value is -1.89. The highest BCUT2D eigenvalue weighted by molar-refractivity contribution is 14.1. The Morgan fingerprint density at radius 3 is 2.37 bits per heavy atom. The van der Waals surface area contributed by atoms with Gasteiger partial charge in [-0.25, -0.2) is 0 Å². The van der Waals surface area contributed by atoms with Gasteiger partial charge in [-0.05, 0) is 76.2 Å². The fourth-order valence-corrected chi connectivity index (χ4v) is 5.09. The van der Waals surface area contributed by atoms with E-state index in [4.69, 9.17) is 5.41 Å². The largest absolute Gasteiger partial charge is 0.338 e. The van der Waals surface area contributed by atoms with E-state index in [0.717, 1.165) is 42.4 Å². The number of likely N-dealkylation sites (N-methyl/N-ethyl adjacent to an activating group) is 1. The third kappa shape index (κ3) is 3.16. The lowest BCUT2D eigenvalue weighted by Crippen LogP contribution is -2.50. The van der Waals surface area contributed by atoms with Gasteiger partial charge in [0.1, 0.15) is 5.54 Å². The smallest absolute Gasteiger partial charge is 0.259 e. The van der Waals surface area contributed by atoms with Crippen molar-refractivity contribution in [2.24, 2.45) is 5.92 Å². The molecule has 2 N–H and O–H groups in total. The first-order valence-corrected chi connectivity index (χ1v) is 10.6. The minimum absolute atomic E-state index is 0.000748. The van der Waals surface area contributed by atoms with Gasteiger partial charge in [0.2, 0.25) is 0 Å². The van der Waals surface area contributed by atoms with Gasteiger partial charge in [0.25, 0.3) is 5.91 Å². The van der Waals surface area contributed by atoms with Gasteiger partial charge in [-0.3, -0.25) is 15.1 Å². The van der Waals surface area contributed by atoms with Crippen LogP contribution in [0.15, 0.2) is 48.5 Å². The van der Waals surface area contributed by atoms with Crippen LogP contribution in [-0.4, -0.2) is 23.8 Å². The number of amides is 1. The molecule has 1 heterocycles. The first-order valence-electron chi connectivity index (χ1n) is 9.54. The van der Waals surface area contributed by atoms with E-state index in [1.807, 2.05) is 12.1 Å². The van der Waals surface area contributed by atoms with E-state index >= 15 is 0 Å². The molecule has 1 unspecified atom stereocenters. The maximum atomic E-state index is 13.4. The van der Waals surface area contributed by atoms with Crippen LogP contribution in [0.3, 0.4) is 0 Å². The average molecular weight is 473 g/mol. The average Bonchev–Trinajstić information content (AvgIpc) is 2.94. The van der Waals surface area contributed by atoms with E-state index in [1.54, 1.807) is 7.05 Å². The summed E-state index contributed by atoms with van der Waals surface area (Å²) < 4.78 is 1.19. The van der Waals surface area contributed by atoms with Gasteiger partial charge in [0.05, 0.1) is 0 Å². The third-order valence-corrected chi connectivity index (χ3v) is 6.66. The number of nitrogens with zero attached hydrogens (tertiary/aromatic N) is 1. The molecule has 1 aliphatic heterocycles. The Kier molecular flexibility index (Phi) is 4.97. The molecule has 5 heteroatoms. The zero-order valence-corrected chi connectivity index (χ0v) is 17.6. The predicted molar refractivity (Wildman–Crippen MR) is 116 cm³/mol. The number of rotatable bonds is 3. The number of benzene rings is 2. The highest BCUT2D eigenvalue weighted by Gasteiger charge is 2.54. The van der Waals surface area contributed by atoms with Crippen LogP contribution in [0.4, 0.5) is 0 Å². The molecule has 1 saturated heterocycles. The van der Waals surface area contributed by atoms with Crippen molar-refractivity contribution < 1.29 is 4.79 Å². The van der Waals surface area contributed by atoms with Gasteiger partial charge >= 0.3 is 0 Å². The number of guanidine groups is 1. The maximum absolute atomic E-state index is 13.4. The van der Waals surface area contributed by atoms with Crippen LogP contribution < -0.4 is 5.32 Å². The molecule has 2 aromatic carbocycles. The summed E-state index contributed by atoms with van der Waals surface area (Å²) in [7, 11) is 1.70. The lowest BCUT2D eigenvalue weighted by Gasteiger charge is -2.38. The van der Waals surface area contributed by atoms with E-state index in [1.165, 1.54) is 14.9 Å². The van der Waals surface area contributed by atoms with Crippen LogP contribution in [0.1, 0.15) is 37.7 Å². The molecule has 2 aromatic rings. The molecule has 1 atom stereocenters. The molecule has 0 bridgehead atoms. The third-order valence-electron chi connectivity index (χ3n) is 5.99. The van der Waals surface area contributed by atoms with E-state index in [-0.39, 0.29) is 17.8 Å². The van der Waals surface area contributed by atoms with Crippen molar-refractivity contribution in [2.75, 3.05) is 7.05 Å². The van der Waals surface area contributed by atoms with Crippen LogP contribution >= 0.6 is 22.6 Å². The summed E-state index contributed by atoms with van der Waals surface area (Å²) in [5.74, 6) is 0.416. The molecular formula is C22H24IN3O. The van der Waals surface area contributed by atoms with Gasteiger partial charge in [0, 0.05) is 10.6 Å². The minimum Gasteiger partial charge on any atom is -0.338 e. The van der Waals surface area contributed by atoms with Crippen molar-refractivity contribution >= 4 is 34.5 Å². The van der Waals surface area contributed by atoms with E-state index in [9.17, 15) is 4.79 Å². The summed E-state index contributed by atoms with van der Waals surface area (Å²) in [4.78, 5) is 14.8. The summed E-state index contributed by atoms with van der Waals surface area (Å²) in [5, 5.41) is 11.5. The van der Waals surface area contributed by atoms with E-state index in [0.29, 0.717) is 0 Å². The molecule has 4 rings (SSSR count). The van der Waals surface area contributed by atoms with Crippen LogP contribution in [0, 0.1) is 14.9 Å². The maximum Gasteiger partial charge on any atom is 0.259 e. The summed E-state index contributed by atoms with van der Waals surface area (Å²) in [5.41, 5.74) is 2.42. The number of carbonyl (C=O) groups excluding carboxylic acids is 1. The second-order valence-electron chi connectivity index (χ2n) is 7.57. The fraction of sp³-hybridized carbons (Fsp3) is 0.364. The standard InChI is InChI=1S/C22H24IN3O/c1-26-20(27)22(25-21(26)24,17-9-3-2-4-10-17)18-11-5-7-15(13-18)16-8-6-12-19(23)14-16/h5-8,11-14,17H,2-4,9-10H2,1H3,(H2,24,25). The van der Waals surface area contributed by atoms with Crippen LogP contribution in [0.2, 0.25) is 0 Å². The topological polar surface area (TPSA) is 56.2 Å². The van der Waals surface area contributed by atoms with Crippen LogP contribution in [0.5, 0.6) is 0 Å². The van der Waals surface area contributed by atoms with Gasteiger partial charge in [-0.2, -0.15) is 0 Å². The Bertz CT molecular complexity index is 891. The second kappa shape index (κ2) is 7.26. The zero-order chi connectivity index (χ0) is 19.0. The Morgan fingerprint density at radius 1 is 1.07 bits per heavy atom. The van der Waals surface area contributed by atoms with E-state index in [2.05, 4.69) is 64.3 Å². The van der Waals surface area contributed by atoms with Gasteiger partial charge in [-0.15, -0.1) is 0 Å². The molecule has 2 aliphatic rings. The summed E-state index contributed by atoms with van der Waals surface area (Å²) in [6.45, 7) is 0. The Morgan fingerprint density at radius 2 is 1.74 bits per heavy atom. The zero-order valence-electron chi connectivity index (χ0n) is 15.5. The molecule has 4 nitrogen and oxygen atoms in total. The molecule has 2 fully saturated rings. The van der Waals surface area contributed by atoms with Crippen molar-refractivity contribution in [1.82, 2.24) is 10.2 Å². The Balaban J connectivity index is 1.83. The van der Waals surface area contributed by atoms with Crippen molar-refractivity contribution in [3.63, 3.8) is 0 Å². The minimum atomic E-state index is -0.815. The van der Waals surface area contributed by atoms with Gasteiger partial charge < -0.3 is 5.32 Å². The molecule has 140 valence electrons. The number of carbonyl (C=O) groups is 1. The normalized spacial score (nSPS) is 23.6. The number of hydrogen-bond acceptors (Lipinski definition) is 2. The molecule has 1 saturated carbocycles. The lowest BCUT2D eigenvalue weighted by molar-refractivity contribution is -0.133. The predicted octanol–water partition coefficient (Wildman–Crippen LogP) is 4.73. The molecule has 0 aromatic heterocycles. The first kappa shape index (κ1) is 18.5. The molecule has 0 radical (unpaired) electrons. The lowest BCUT2D eigenvalue weighted by atomic mass is 9.70. The summed E-state index contributed by atoms with van der Waals surface area (Å²) in [6.07, 6.45) is 5.57. The van der Waals surface area contributed by atoms with Crippen LogP contribution in [-0.2, 0) is 10.3 Å². The van der Waals surface area contributed by atoms with Crippen molar-refractivity contribution in [3.8, 4) is 11.1 Å². The summed E-state index contributed by atoms with van der Waals surface area (Å²) >= 11 is 2.32. The molecule has 0 spiro atoms. The molecule has 1 amide bonds. The number of nitrogens with one attached hydrogen (secondary N) is 2. The van der Waals surface area contributed by atoms with Gasteiger partial charge in [0.15, 0.2) is 5.96 Å². The van der Waals surface area contributed by atoms with Crippen molar-refractivity contribution in [3.05, 3.63) is 57.7 Å². The molecular weight excluding hydrogens is 449 g/mol. The number of hydrogen-bond donors (Lipinski definition) is 2. The van der Waals surface area contributed by atoms with Crippen molar-refractivity contribution in [1.29, 1.82) is 5.41 Å². The number of halogens is 1. The molecule has 1 aliphatic carbocycles. The van der Waals surface area contributed by atoms with Crippen LogP contribution in [0.25, 0.3) is 11.1 Å².